The van der Waals surface area contributed by atoms with Crippen LogP contribution in [0.3, 0.4) is 0 Å². The molecule has 1 N–H and O–H groups in total. The zero-order chi connectivity index (χ0) is 14.9. The molecule has 1 aliphatic heterocycles. The molecular formula is C12H17N3O4S. The van der Waals surface area contributed by atoms with Crippen molar-refractivity contribution < 1.29 is 13.3 Å². The van der Waals surface area contributed by atoms with Crippen LogP contribution >= 0.6 is 0 Å². The van der Waals surface area contributed by atoms with E-state index in [9.17, 15) is 18.5 Å². The Bertz CT molecular complexity index is 630. The van der Waals surface area contributed by atoms with E-state index in [1.54, 1.807) is 0 Å². The van der Waals surface area contributed by atoms with Gasteiger partial charge in [-0.3, -0.25) is 10.1 Å². The van der Waals surface area contributed by atoms with E-state index < -0.39 is 14.9 Å². The summed E-state index contributed by atoms with van der Waals surface area (Å²) in [6, 6.07) is 3.97. The maximum Gasteiger partial charge on any atom is 0.273 e. The second-order valence-corrected chi connectivity index (χ2v) is 6.69. The number of hydrogen-bond acceptors (Lipinski definition) is 5. The fourth-order valence-corrected chi connectivity index (χ4v) is 4.26. The molecule has 0 aromatic heterocycles. The van der Waals surface area contributed by atoms with Crippen LogP contribution in [0.15, 0.2) is 23.1 Å². The molecule has 1 fully saturated rings. The number of hydrogen-bond donors (Lipinski definition) is 1. The Morgan fingerprint density at radius 1 is 1.45 bits per heavy atom. The number of rotatable bonds is 3. The Labute approximate surface area is 117 Å². The third-order valence-electron chi connectivity index (χ3n) is 3.48. The minimum Gasteiger partial charge on any atom is -0.314 e. The van der Waals surface area contributed by atoms with E-state index in [1.807, 2.05) is 6.92 Å². The summed E-state index contributed by atoms with van der Waals surface area (Å²) >= 11 is 0. The van der Waals surface area contributed by atoms with E-state index >= 15 is 0 Å². The monoisotopic (exact) mass is 299 g/mol. The third-order valence-corrected chi connectivity index (χ3v) is 5.64. The molecule has 1 saturated heterocycles. The second-order valence-electron chi connectivity index (χ2n) is 4.83. The van der Waals surface area contributed by atoms with Crippen LogP contribution in [0.5, 0.6) is 0 Å². The molecule has 7 nitrogen and oxygen atoms in total. The zero-order valence-electron chi connectivity index (χ0n) is 11.4. The normalized spacial score (nSPS) is 20.8. The van der Waals surface area contributed by atoms with Gasteiger partial charge >= 0.3 is 0 Å². The van der Waals surface area contributed by atoms with Gasteiger partial charge in [0.05, 0.1) is 9.82 Å². The summed E-state index contributed by atoms with van der Waals surface area (Å²) in [6.45, 7) is 4.81. The summed E-state index contributed by atoms with van der Waals surface area (Å²) in [5.41, 5.74) is 0.0112. The highest BCUT2D eigenvalue weighted by Gasteiger charge is 2.33. The second kappa shape index (κ2) is 5.47. The van der Waals surface area contributed by atoms with Gasteiger partial charge in [-0.25, -0.2) is 8.42 Å². The van der Waals surface area contributed by atoms with Gasteiger partial charge in [0.15, 0.2) is 0 Å². The van der Waals surface area contributed by atoms with Gasteiger partial charge in [-0.1, -0.05) is 6.07 Å². The minimum atomic E-state index is -3.71. The van der Waals surface area contributed by atoms with Gasteiger partial charge in [0.1, 0.15) is 0 Å². The Morgan fingerprint density at radius 2 is 2.15 bits per heavy atom. The first-order chi connectivity index (χ1) is 9.35. The number of benzene rings is 1. The number of nitrogens with one attached hydrogen (secondary N) is 1. The van der Waals surface area contributed by atoms with Crippen LogP contribution in [0.4, 0.5) is 5.69 Å². The largest absolute Gasteiger partial charge is 0.314 e. The lowest BCUT2D eigenvalue weighted by Gasteiger charge is -2.33. The lowest BCUT2D eigenvalue weighted by atomic mass is 10.2. The van der Waals surface area contributed by atoms with Crippen LogP contribution < -0.4 is 5.32 Å². The Morgan fingerprint density at radius 3 is 2.75 bits per heavy atom. The summed E-state index contributed by atoms with van der Waals surface area (Å²) < 4.78 is 26.7. The average molecular weight is 299 g/mol. The molecule has 1 heterocycles. The first-order valence-electron chi connectivity index (χ1n) is 6.32. The van der Waals surface area contributed by atoms with E-state index in [1.165, 1.54) is 29.4 Å². The van der Waals surface area contributed by atoms with Gasteiger partial charge in [-0.05, 0) is 19.9 Å². The Hall–Kier alpha value is -1.51. The molecule has 0 spiro atoms. The van der Waals surface area contributed by atoms with E-state index in [2.05, 4.69) is 5.32 Å². The van der Waals surface area contributed by atoms with Gasteiger partial charge < -0.3 is 5.32 Å². The fourth-order valence-electron chi connectivity index (χ4n) is 2.39. The van der Waals surface area contributed by atoms with Crippen molar-refractivity contribution in [2.45, 2.75) is 24.8 Å². The van der Waals surface area contributed by atoms with Crippen molar-refractivity contribution in [3.8, 4) is 0 Å². The molecule has 0 amide bonds. The predicted molar refractivity (Wildman–Crippen MR) is 74.1 cm³/mol. The van der Waals surface area contributed by atoms with Crippen LogP contribution in [0.2, 0.25) is 0 Å². The summed E-state index contributed by atoms with van der Waals surface area (Å²) in [7, 11) is -3.71. The lowest BCUT2D eigenvalue weighted by Crippen LogP contribution is -2.52. The zero-order valence-corrected chi connectivity index (χ0v) is 12.2. The van der Waals surface area contributed by atoms with E-state index in [-0.39, 0.29) is 22.2 Å². The van der Waals surface area contributed by atoms with Crippen molar-refractivity contribution in [1.82, 2.24) is 9.62 Å². The third kappa shape index (κ3) is 2.54. The van der Waals surface area contributed by atoms with Crippen LogP contribution in [0, 0.1) is 17.0 Å². The summed E-state index contributed by atoms with van der Waals surface area (Å²) in [5, 5.41) is 14.0. The first-order valence-corrected chi connectivity index (χ1v) is 7.76. The van der Waals surface area contributed by atoms with E-state index in [0.29, 0.717) is 19.6 Å². The molecule has 1 unspecified atom stereocenters. The number of sulfonamides is 1. The molecule has 1 aliphatic rings. The molecule has 0 radical (unpaired) electrons. The number of nitro benzene ring substituents is 1. The van der Waals surface area contributed by atoms with Crippen LogP contribution in [0.1, 0.15) is 12.5 Å². The summed E-state index contributed by atoms with van der Waals surface area (Å²) in [5.74, 6) is 0. The van der Waals surface area contributed by atoms with Crippen molar-refractivity contribution in [3.63, 3.8) is 0 Å². The predicted octanol–water partition coefficient (Wildman–Crippen LogP) is 0.886. The number of nitro groups is 1. The summed E-state index contributed by atoms with van der Waals surface area (Å²) in [6.07, 6.45) is 0. The molecule has 20 heavy (non-hydrogen) atoms. The topological polar surface area (TPSA) is 92.5 Å². The molecule has 0 bridgehead atoms. The Balaban J connectivity index is 2.49. The number of piperazine rings is 1. The fraction of sp³-hybridized carbons (Fsp3) is 0.500. The minimum absolute atomic E-state index is 0.0143. The van der Waals surface area contributed by atoms with E-state index in [4.69, 9.17) is 0 Å². The van der Waals surface area contributed by atoms with Crippen molar-refractivity contribution in [2.24, 2.45) is 0 Å². The smallest absolute Gasteiger partial charge is 0.273 e. The molecule has 8 heteroatoms. The molecule has 1 atom stereocenters. The molecule has 0 aliphatic carbocycles. The quantitative estimate of drug-likeness (QED) is 0.661. The SMILES string of the molecule is Cc1c([N+](=O)[O-])cccc1S(=O)(=O)N1CCNCC1C. The Kier molecular flexibility index (Phi) is 4.07. The number of nitrogens with zero attached hydrogens (tertiary/aromatic N) is 2. The van der Waals surface area contributed by atoms with Gasteiger partial charge in [-0.15, -0.1) is 0 Å². The van der Waals surface area contributed by atoms with E-state index in [0.717, 1.165) is 0 Å². The molecule has 2 rings (SSSR count). The van der Waals surface area contributed by atoms with Crippen molar-refractivity contribution in [1.29, 1.82) is 0 Å². The molecular weight excluding hydrogens is 282 g/mol. The maximum absolute atomic E-state index is 12.7. The van der Waals surface area contributed by atoms with Crippen LogP contribution in [-0.4, -0.2) is 43.3 Å². The van der Waals surface area contributed by atoms with Gasteiger partial charge in [0.25, 0.3) is 5.69 Å². The van der Waals surface area contributed by atoms with Crippen molar-refractivity contribution in [3.05, 3.63) is 33.9 Å². The summed E-state index contributed by atoms with van der Waals surface area (Å²) in [4.78, 5) is 10.4. The molecule has 1 aromatic carbocycles. The van der Waals surface area contributed by atoms with Crippen molar-refractivity contribution >= 4 is 15.7 Å². The highest BCUT2D eigenvalue weighted by Crippen LogP contribution is 2.28. The average Bonchev–Trinajstić information content (AvgIpc) is 2.38. The lowest BCUT2D eigenvalue weighted by molar-refractivity contribution is -0.385. The maximum atomic E-state index is 12.7. The highest BCUT2D eigenvalue weighted by atomic mass is 32.2. The van der Waals surface area contributed by atoms with Crippen molar-refractivity contribution in [2.75, 3.05) is 19.6 Å². The standard InChI is InChI=1S/C12H17N3O4S/c1-9-8-13-6-7-14(9)20(18,19)12-5-3-4-11(10(12)2)15(16)17/h3-5,9,13H,6-8H2,1-2H3. The van der Waals surface area contributed by atoms with Crippen LogP contribution in [-0.2, 0) is 10.0 Å². The molecule has 0 saturated carbocycles. The van der Waals surface area contributed by atoms with Gasteiger partial charge in [0.2, 0.25) is 10.0 Å². The van der Waals surface area contributed by atoms with Crippen LogP contribution in [0.25, 0.3) is 0 Å². The van der Waals surface area contributed by atoms with Gasteiger partial charge in [0, 0.05) is 37.3 Å². The molecule has 1 aromatic rings. The first kappa shape index (κ1) is 14.9. The van der Waals surface area contributed by atoms with Gasteiger partial charge in [-0.2, -0.15) is 4.31 Å². The highest BCUT2D eigenvalue weighted by molar-refractivity contribution is 7.89. The molecule has 110 valence electrons.